The molecule has 4 aromatic rings. The standard InChI is InChI=1S/C27H25N5O/c28-17-21-19-30-26-11-8-23(29-18-20-4-2-1-3-5-20)16-25(26)27(21)31-22-6-9-24(10-7-22)32-12-14-33-15-13-32/h1-11,16,19,29H,12-15,18H2,(H,30,31). The van der Waals surface area contributed by atoms with Crippen LogP contribution in [-0.2, 0) is 11.3 Å². The van der Waals surface area contributed by atoms with Crippen molar-refractivity contribution in [1.29, 1.82) is 5.26 Å². The largest absolute Gasteiger partial charge is 0.381 e. The molecule has 1 aliphatic rings. The fourth-order valence-electron chi connectivity index (χ4n) is 4.04. The van der Waals surface area contributed by atoms with Gasteiger partial charge < -0.3 is 20.3 Å². The molecule has 5 rings (SSSR count). The van der Waals surface area contributed by atoms with Crippen LogP contribution < -0.4 is 15.5 Å². The van der Waals surface area contributed by atoms with Crippen LogP contribution in [0.1, 0.15) is 11.1 Å². The number of nitriles is 1. The number of hydrogen-bond donors (Lipinski definition) is 2. The first kappa shape index (κ1) is 20.8. The topological polar surface area (TPSA) is 73.2 Å². The molecule has 164 valence electrons. The number of morpholine rings is 1. The predicted molar refractivity (Wildman–Crippen MR) is 133 cm³/mol. The summed E-state index contributed by atoms with van der Waals surface area (Å²) in [7, 11) is 0. The van der Waals surface area contributed by atoms with Gasteiger partial charge in [-0.1, -0.05) is 30.3 Å². The quantitative estimate of drug-likeness (QED) is 0.428. The van der Waals surface area contributed by atoms with Gasteiger partial charge in [-0.15, -0.1) is 0 Å². The summed E-state index contributed by atoms with van der Waals surface area (Å²) in [5.74, 6) is 0. The number of fused-ring (bicyclic) bond motifs is 1. The minimum absolute atomic E-state index is 0.514. The van der Waals surface area contributed by atoms with Crippen LogP contribution in [0.15, 0.2) is 79.0 Å². The molecule has 33 heavy (non-hydrogen) atoms. The molecule has 3 aromatic carbocycles. The van der Waals surface area contributed by atoms with Gasteiger partial charge in [0.15, 0.2) is 0 Å². The lowest BCUT2D eigenvalue weighted by Gasteiger charge is -2.29. The Morgan fingerprint density at radius 1 is 0.939 bits per heavy atom. The molecule has 1 aromatic heterocycles. The lowest BCUT2D eigenvalue weighted by Crippen LogP contribution is -2.36. The first-order valence-corrected chi connectivity index (χ1v) is 11.1. The van der Waals surface area contributed by atoms with E-state index < -0.39 is 0 Å². The van der Waals surface area contributed by atoms with Crippen molar-refractivity contribution < 1.29 is 4.74 Å². The molecule has 1 aliphatic heterocycles. The fourth-order valence-corrected chi connectivity index (χ4v) is 4.04. The van der Waals surface area contributed by atoms with Crippen molar-refractivity contribution in [3.05, 3.63) is 90.1 Å². The van der Waals surface area contributed by atoms with Crippen LogP contribution in [-0.4, -0.2) is 31.3 Å². The van der Waals surface area contributed by atoms with Crippen LogP contribution in [0, 0.1) is 11.3 Å². The minimum atomic E-state index is 0.514. The highest BCUT2D eigenvalue weighted by Gasteiger charge is 2.13. The summed E-state index contributed by atoms with van der Waals surface area (Å²) in [6.45, 7) is 4.05. The third-order valence-electron chi connectivity index (χ3n) is 5.84. The van der Waals surface area contributed by atoms with E-state index in [1.807, 2.05) is 30.3 Å². The minimum Gasteiger partial charge on any atom is -0.381 e. The summed E-state index contributed by atoms with van der Waals surface area (Å²) in [4.78, 5) is 6.80. The second-order valence-corrected chi connectivity index (χ2v) is 8.00. The molecule has 6 heteroatoms. The van der Waals surface area contributed by atoms with E-state index in [-0.39, 0.29) is 0 Å². The summed E-state index contributed by atoms with van der Waals surface area (Å²) in [6, 6.07) is 26.9. The van der Waals surface area contributed by atoms with Crippen LogP contribution in [0.4, 0.5) is 22.7 Å². The number of nitrogens with zero attached hydrogens (tertiary/aromatic N) is 3. The third-order valence-corrected chi connectivity index (χ3v) is 5.84. The summed E-state index contributed by atoms with van der Waals surface area (Å²) in [5.41, 5.74) is 6.42. The Balaban J connectivity index is 1.41. The van der Waals surface area contributed by atoms with Crippen LogP contribution in [0.2, 0.25) is 0 Å². The Morgan fingerprint density at radius 3 is 2.45 bits per heavy atom. The maximum absolute atomic E-state index is 9.73. The lowest BCUT2D eigenvalue weighted by atomic mass is 10.1. The van der Waals surface area contributed by atoms with Gasteiger partial charge in [0.25, 0.3) is 0 Å². The monoisotopic (exact) mass is 435 g/mol. The van der Waals surface area contributed by atoms with E-state index >= 15 is 0 Å². The highest BCUT2D eigenvalue weighted by molar-refractivity contribution is 5.97. The molecule has 0 amide bonds. The Labute approximate surface area is 193 Å². The number of aromatic nitrogens is 1. The van der Waals surface area contributed by atoms with Crippen LogP contribution in [0.3, 0.4) is 0 Å². The molecular weight excluding hydrogens is 410 g/mol. The van der Waals surface area contributed by atoms with E-state index in [2.05, 4.69) is 69.1 Å². The number of anilines is 4. The maximum Gasteiger partial charge on any atom is 0.103 e. The van der Waals surface area contributed by atoms with E-state index in [9.17, 15) is 5.26 Å². The van der Waals surface area contributed by atoms with Crippen molar-refractivity contribution in [3.8, 4) is 6.07 Å². The van der Waals surface area contributed by atoms with E-state index in [0.717, 1.165) is 60.8 Å². The molecule has 2 heterocycles. The molecule has 0 bridgehead atoms. The number of hydrogen-bond acceptors (Lipinski definition) is 6. The summed E-state index contributed by atoms with van der Waals surface area (Å²) >= 11 is 0. The van der Waals surface area contributed by atoms with Crippen molar-refractivity contribution in [2.45, 2.75) is 6.54 Å². The summed E-state index contributed by atoms with van der Waals surface area (Å²) < 4.78 is 5.45. The van der Waals surface area contributed by atoms with Crippen LogP contribution >= 0.6 is 0 Å². The van der Waals surface area contributed by atoms with Crippen molar-refractivity contribution in [2.24, 2.45) is 0 Å². The Hall–Kier alpha value is -4.08. The first-order valence-electron chi connectivity index (χ1n) is 11.1. The number of ether oxygens (including phenoxy) is 1. The summed E-state index contributed by atoms with van der Waals surface area (Å²) in [5, 5.41) is 17.6. The Morgan fingerprint density at radius 2 is 1.70 bits per heavy atom. The molecule has 0 aliphatic carbocycles. The zero-order valence-electron chi connectivity index (χ0n) is 18.3. The number of pyridine rings is 1. The lowest BCUT2D eigenvalue weighted by molar-refractivity contribution is 0.122. The molecule has 0 saturated carbocycles. The second kappa shape index (κ2) is 9.60. The van der Waals surface area contributed by atoms with Crippen molar-refractivity contribution in [2.75, 3.05) is 41.8 Å². The van der Waals surface area contributed by atoms with Crippen molar-refractivity contribution >= 4 is 33.7 Å². The summed E-state index contributed by atoms with van der Waals surface area (Å²) in [6.07, 6.45) is 1.63. The van der Waals surface area contributed by atoms with Gasteiger partial charge in [0.1, 0.15) is 6.07 Å². The smallest absolute Gasteiger partial charge is 0.103 e. The van der Waals surface area contributed by atoms with Crippen LogP contribution in [0.25, 0.3) is 10.9 Å². The first-order chi connectivity index (χ1) is 16.3. The van der Waals surface area contributed by atoms with E-state index in [0.29, 0.717) is 5.56 Å². The van der Waals surface area contributed by atoms with E-state index in [1.54, 1.807) is 6.20 Å². The van der Waals surface area contributed by atoms with Gasteiger partial charge in [-0.2, -0.15) is 5.26 Å². The molecule has 0 radical (unpaired) electrons. The van der Waals surface area contributed by atoms with Gasteiger partial charge in [-0.05, 0) is 48.0 Å². The zero-order valence-corrected chi connectivity index (χ0v) is 18.3. The molecule has 0 unspecified atom stereocenters. The molecule has 0 spiro atoms. The molecule has 2 N–H and O–H groups in total. The van der Waals surface area contributed by atoms with Gasteiger partial charge in [0.2, 0.25) is 0 Å². The van der Waals surface area contributed by atoms with Gasteiger partial charge in [-0.25, -0.2) is 0 Å². The predicted octanol–water partition coefficient (Wildman–Crippen LogP) is 5.30. The Kier molecular flexibility index (Phi) is 6.05. The molecule has 6 nitrogen and oxygen atoms in total. The molecular formula is C27H25N5O. The van der Waals surface area contributed by atoms with Gasteiger partial charge in [0.05, 0.1) is 30.0 Å². The average molecular weight is 436 g/mol. The zero-order chi connectivity index (χ0) is 22.5. The van der Waals surface area contributed by atoms with Crippen LogP contribution in [0.5, 0.6) is 0 Å². The highest BCUT2D eigenvalue weighted by Crippen LogP contribution is 2.31. The number of rotatable bonds is 6. The van der Waals surface area contributed by atoms with Gasteiger partial charge >= 0.3 is 0 Å². The van der Waals surface area contributed by atoms with Crippen molar-refractivity contribution in [3.63, 3.8) is 0 Å². The van der Waals surface area contributed by atoms with E-state index in [1.165, 1.54) is 11.3 Å². The molecule has 1 saturated heterocycles. The van der Waals surface area contributed by atoms with Gasteiger partial charge in [-0.3, -0.25) is 4.98 Å². The number of benzene rings is 3. The van der Waals surface area contributed by atoms with E-state index in [4.69, 9.17) is 4.74 Å². The third kappa shape index (κ3) is 4.74. The fraction of sp³-hybridized carbons (Fsp3) is 0.185. The number of nitrogens with one attached hydrogen (secondary N) is 2. The average Bonchev–Trinajstić information content (AvgIpc) is 2.89. The molecule has 1 fully saturated rings. The highest BCUT2D eigenvalue weighted by atomic mass is 16.5. The van der Waals surface area contributed by atoms with Crippen molar-refractivity contribution in [1.82, 2.24) is 4.98 Å². The SMILES string of the molecule is N#Cc1cnc2ccc(NCc3ccccc3)cc2c1Nc1ccc(N2CCOCC2)cc1. The maximum atomic E-state index is 9.73. The molecule has 0 atom stereocenters. The normalized spacial score (nSPS) is 13.5. The van der Waals surface area contributed by atoms with Gasteiger partial charge in [0, 0.05) is 48.3 Å². The Bertz CT molecular complexity index is 1280. The second-order valence-electron chi connectivity index (χ2n) is 8.00.